The summed E-state index contributed by atoms with van der Waals surface area (Å²) in [4.78, 5) is 0. The standard InChI is InChI=1S/C28H52N2/c1-7-10-24-13-19(3)14-27(24)21(5)18-30-25(8-2)16-23-15-20(4)28(17-23)26-11-9-12-29-22(26)6/h7,10,19-30H,8-9,11-18H2,1-6H3/b10-7-. The molecular weight excluding hydrogens is 364 g/mol. The van der Waals surface area contributed by atoms with Crippen LogP contribution in [-0.2, 0) is 0 Å². The fraction of sp³-hybridized carbons (Fsp3) is 0.929. The normalized spacial score (nSPS) is 42.1. The van der Waals surface area contributed by atoms with Crippen LogP contribution in [0.5, 0.6) is 0 Å². The van der Waals surface area contributed by atoms with Crippen LogP contribution >= 0.6 is 0 Å². The van der Waals surface area contributed by atoms with E-state index >= 15 is 0 Å². The summed E-state index contributed by atoms with van der Waals surface area (Å²) in [5.41, 5.74) is 0. The largest absolute Gasteiger partial charge is 0.314 e. The third kappa shape index (κ3) is 6.12. The third-order valence-corrected chi connectivity index (χ3v) is 9.32. The predicted octanol–water partition coefficient (Wildman–Crippen LogP) is 6.67. The molecule has 1 saturated heterocycles. The van der Waals surface area contributed by atoms with Gasteiger partial charge in [-0.1, -0.05) is 39.8 Å². The molecule has 3 rings (SSSR count). The van der Waals surface area contributed by atoms with Gasteiger partial charge in [0, 0.05) is 12.1 Å². The topological polar surface area (TPSA) is 24.1 Å². The molecular formula is C28H52N2. The molecule has 0 bridgehead atoms. The van der Waals surface area contributed by atoms with Crippen molar-refractivity contribution in [2.75, 3.05) is 13.1 Å². The Morgan fingerprint density at radius 1 is 1.07 bits per heavy atom. The summed E-state index contributed by atoms with van der Waals surface area (Å²) in [6, 6.07) is 1.44. The highest BCUT2D eigenvalue weighted by molar-refractivity contribution is 4.97. The van der Waals surface area contributed by atoms with Gasteiger partial charge in [-0.2, -0.15) is 0 Å². The van der Waals surface area contributed by atoms with E-state index < -0.39 is 0 Å². The van der Waals surface area contributed by atoms with E-state index in [2.05, 4.69) is 64.3 Å². The first-order chi connectivity index (χ1) is 14.4. The van der Waals surface area contributed by atoms with Crippen molar-refractivity contribution in [1.29, 1.82) is 0 Å². The molecule has 2 saturated carbocycles. The lowest BCUT2D eigenvalue weighted by atomic mass is 9.76. The van der Waals surface area contributed by atoms with Gasteiger partial charge in [0.2, 0.25) is 0 Å². The van der Waals surface area contributed by atoms with Gasteiger partial charge in [-0.3, -0.25) is 0 Å². The van der Waals surface area contributed by atoms with Crippen LogP contribution in [-0.4, -0.2) is 25.2 Å². The number of rotatable bonds is 9. The lowest BCUT2D eigenvalue weighted by Crippen LogP contribution is -2.43. The monoisotopic (exact) mass is 416 g/mol. The lowest BCUT2D eigenvalue weighted by molar-refractivity contribution is 0.175. The van der Waals surface area contributed by atoms with Crippen LogP contribution in [0.25, 0.3) is 0 Å². The van der Waals surface area contributed by atoms with Crippen LogP contribution in [0.4, 0.5) is 0 Å². The van der Waals surface area contributed by atoms with Crippen molar-refractivity contribution in [1.82, 2.24) is 10.6 Å². The zero-order valence-electron chi connectivity index (χ0n) is 21.0. The molecule has 0 aromatic rings. The number of allylic oxidation sites excluding steroid dienone is 2. The summed E-state index contributed by atoms with van der Waals surface area (Å²) in [5, 5.41) is 7.79. The number of hydrogen-bond donors (Lipinski definition) is 2. The van der Waals surface area contributed by atoms with E-state index in [1.54, 1.807) is 0 Å². The van der Waals surface area contributed by atoms with Gasteiger partial charge < -0.3 is 10.6 Å². The molecule has 3 aliphatic rings. The van der Waals surface area contributed by atoms with Crippen LogP contribution in [0.3, 0.4) is 0 Å². The predicted molar refractivity (Wildman–Crippen MR) is 132 cm³/mol. The van der Waals surface area contributed by atoms with Crippen molar-refractivity contribution in [2.24, 2.45) is 47.3 Å². The summed E-state index contributed by atoms with van der Waals surface area (Å²) >= 11 is 0. The van der Waals surface area contributed by atoms with E-state index in [9.17, 15) is 0 Å². The second kappa shape index (κ2) is 11.5. The summed E-state index contributed by atoms with van der Waals surface area (Å²) < 4.78 is 0. The van der Waals surface area contributed by atoms with E-state index in [0.717, 1.165) is 53.4 Å². The number of nitrogens with one attached hydrogen (secondary N) is 2. The van der Waals surface area contributed by atoms with Crippen molar-refractivity contribution >= 4 is 0 Å². The van der Waals surface area contributed by atoms with Gasteiger partial charge in [0.15, 0.2) is 0 Å². The molecule has 10 unspecified atom stereocenters. The minimum atomic E-state index is 0.712. The summed E-state index contributed by atoms with van der Waals surface area (Å²) in [6.07, 6.45) is 16.1. The average molecular weight is 417 g/mol. The molecule has 2 aliphatic carbocycles. The Kier molecular flexibility index (Phi) is 9.32. The minimum Gasteiger partial charge on any atom is -0.314 e. The molecule has 174 valence electrons. The molecule has 10 atom stereocenters. The first-order valence-electron chi connectivity index (χ1n) is 13.5. The van der Waals surface area contributed by atoms with Crippen LogP contribution in [0.1, 0.15) is 92.9 Å². The van der Waals surface area contributed by atoms with Crippen LogP contribution in [0, 0.1) is 47.3 Å². The maximum absolute atomic E-state index is 4.03. The van der Waals surface area contributed by atoms with Gasteiger partial charge in [-0.05, 0) is 126 Å². The molecule has 0 radical (unpaired) electrons. The number of piperidine rings is 1. The average Bonchev–Trinajstić information content (AvgIpc) is 3.27. The van der Waals surface area contributed by atoms with Crippen molar-refractivity contribution < 1.29 is 0 Å². The summed E-state index contributed by atoms with van der Waals surface area (Å²) in [6.45, 7) is 17.0. The Hall–Kier alpha value is -0.340. The maximum Gasteiger partial charge on any atom is 0.00697 e. The second-order valence-electron chi connectivity index (χ2n) is 11.7. The Bertz CT molecular complexity index is 529. The fourth-order valence-electron chi connectivity index (χ4n) is 7.66. The highest BCUT2D eigenvalue weighted by Gasteiger charge is 2.40. The number of hydrogen-bond acceptors (Lipinski definition) is 2. The first-order valence-corrected chi connectivity index (χ1v) is 13.5. The molecule has 0 amide bonds. The minimum absolute atomic E-state index is 0.712. The van der Waals surface area contributed by atoms with Crippen LogP contribution < -0.4 is 10.6 Å². The van der Waals surface area contributed by atoms with Gasteiger partial charge in [-0.15, -0.1) is 0 Å². The van der Waals surface area contributed by atoms with E-state index in [4.69, 9.17) is 0 Å². The summed E-state index contributed by atoms with van der Waals surface area (Å²) in [7, 11) is 0. The van der Waals surface area contributed by atoms with Gasteiger partial charge in [0.05, 0.1) is 0 Å². The van der Waals surface area contributed by atoms with E-state index in [1.165, 1.54) is 64.5 Å². The molecule has 3 fully saturated rings. The fourth-order valence-corrected chi connectivity index (χ4v) is 7.66. The molecule has 1 heterocycles. The van der Waals surface area contributed by atoms with Crippen molar-refractivity contribution in [3.63, 3.8) is 0 Å². The Balaban J connectivity index is 1.47. The van der Waals surface area contributed by atoms with Gasteiger partial charge in [0.1, 0.15) is 0 Å². The van der Waals surface area contributed by atoms with Crippen molar-refractivity contribution in [2.45, 2.75) is 105 Å². The lowest BCUT2D eigenvalue weighted by Gasteiger charge is -2.36. The van der Waals surface area contributed by atoms with Crippen LogP contribution in [0.2, 0.25) is 0 Å². The first kappa shape index (κ1) is 24.3. The van der Waals surface area contributed by atoms with Gasteiger partial charge in [-0.25, -0.2) is 0 Å². The third-order valence-electron chi connectivity index (χ3n) is 9.32. The Morgan fingerprint density at radius 3 is 2.57 bits per heavy atom. The van der Waals surface area contributed by atoms with E-state index in [0.29, 0.717) is 6.04 Å². The Labute approximate surface area is 188 Å². The van der Waals surface area contributed by atoms with E-state index in [1.807, 2.05) is 0 Å². The van der Waals surface area contributed by atoms with Gasteiger partial charge in [0.25, 0.3) is 0 Å². The van der Waals surface area contributed by atoms with Crippen molar-refractivity contribution in [3.8, 4) is 0 Å². The molecule has 2 nitrogen and oxygen atoms in total. The molecule has 30 heavy (non-hydrogen) atoms. The van der Waals surface area contributed by atoms with Crippen molar-refractivity contribution in [3.05, 3.63) is 12.2 Å². The zero-order valence-corrected chi connectivity index (χ0v) is 21.0. The molecule has 0 aromatic carbocycles. The maximum atomic E-state index is 4.03. The second-order valence-corrected chi connectivity index (χ2v) is 11.7. The zero-order chi connectivity index (χ0) is 21.7. The highest BCUT2D eigenvalue weighted by atomic mass is 14.9. The van der Waals surface area contributed by atoms with Crippen LogP contribution in [0.15, 0.2) is 12.2 Å². The highest BCUT2D eigenvalue weighted by Crippen LogP contribution is 2.46. The van der Waals surface area contributed by atoms with Gasteiger partial charge >= 0.3 is 0 Å². The molecule has 1 aliphatic heterocycles. The molecule has 0 spiro atoms. The Morgan fingerprint density at radius 2 is 1.87 bits per heavy atom. The molecule has 2 N–H and O–H groups in total. The summed E-state index contributed by atoms with van der Waals surface area (Å²) in [5.74, 6) is 7.09. The molecule has 2 heteroatoms. The smallest absolute Gasteiger partial charge is 0.00697 e. The molecule has 0 aromatic heterocycles. The van der Waals surface area contributed by atoms with E-state index in [-0.39, 0.29) is 0 Å². The quantitative estimate of drug-likeness (QED) is 0.410. The SMILES string of the molecule is C/C=C\C1CC(C)CC1C(C)CNC(CC)CC1CC(C)C(C2CCCNC2C)C1.